The molecule has 1 aliphatic rings. The first-order valence-electron chi connectivity index (χ1n) is 10.3. The van der Waals surface area contributed by atoms with Gasteiger partial charge in [0, 0.05) is 31.8 Å². The smallest absolute Gasteiger partial charge is 0.335 e. The molecular weight excluding hydrogens is 455 g/mol. The number of carboxylic acids is 1. The van der Waals surface area contributed by atoms with E-state index in [9.17, 15) is 18.8 Å². The number of aromatic nitrogens is 2. The predicted molar refractivity (Wildman–Crippen MR) is 119 cm³/mol. The fraction of sp³-hybridized carbons (Fsp3) is 0.364. The minimum atomic E-state index is -1.23. The highest BCUT2D eigenvalue weighted by Crippen LogP contribution is 2.18. The first kappa shape index (κ1) is 24.4. The van der Waals surface area contributed by atoms with Crippen LogP contribution >= 0.6 is 11.6 Å². The summed E-state index contributed by atoms with van der Waals surface area (Å²) in [6, 6.07) is 3.12. The van der Waals surface area contributed by atoms with Gasteiger partial charge in [0.1, 0.15) is 5.82 Å². The second-order valence-electron chi connectivity index (χ2n) is 7.51. The third kappa shape index (κ3) is 5.77. The van der Waals surface area contributed by atoms with Gasteiger partial charge in [-0.3, -0.25) is 9.59 Å². The van der Waals surface area contributed by atoms with Crippen molar-refractivity contribution in [3.05, 3.63) is 57.9 Å². The van der Waals surface area contributed by atoms with E-state index in [1.165, 1.54) is 36.3 Å². The zero-order valence-electron chi connectivity index (χ0n) is 18.1. The molecule has 2 heterocycles. The predicted octanol–water partition coefficient (Wildman–Crippen LogP) is 2.52. The number of amides is 2. The van der Waals surface area contributed by atoms with Crippen molar-refractivity contribution in [2.45, 2.75) is 31.9 Å². The van der Waals surface area contributed by atoms with Crippen LogP contribution in [0.15, 0.2) is 24.3 Å². The number of benzene rings is 1. The SMILES string of the molecule is CCc1[nH]c(C(=O)NC2CCN(C(=O)C=Cc3ccc(C(=O)O)cc3F)CC2OC)nc1Cl. The van der Waals surface area contributed by atoms with E-state index in [1.807, 2.05) is 6.92 Å². The molecular formula is C22H24ClFN4O5. The number of H-pyrrole nitrogens is 1. The van der Waals surface area contributed by atoms with Gasteiger partial charge >= 0.3 is 5.97 Å². The molecule has 1 fully saturated rings. The molecule has 2 unspecified atom stereocenters. The first-order valence-corrected chi connectivity index (χ1v) is 10.7. The van der Waals surface area contributed by atoms with Crippen LogP contribution in [0.3, 0.4) is 0 Å². The number of halogens is 2. The molecule has 0 bridgehead atoms. The Labute approximate surface area is 194 Å². The number of nitrogens with one attached hydrogen (secondary N) is 2. The van der Waals surface area contributed by atoms with Crippen LogP contribution in [0.4, 0.5) is 4.39 Å². The van der Waals surface area contributed by atoms with Gasteiger partial charge in [0.15, 0.2) is 11.0 Å². The van der Waals surface area contributed by atoms with Crippen LogP contribution in [0, 0.1) is 5.82 Å². The largest absolute Gasteiger partial charge is 0.478 e. The molecule has 33 heavy (non-hydrogen) atoms. The van der Waals surface area contributed by atoms with Crippen molar-refractivity contribution in [3.8, 4) is 0 Å². The Kier molecular flexibility index (Phi) is 7.83. The number of piperidine rings is 1. The van der Waals surface area contributed by atoms with E-state index < -0.39 is 23.8 Å². The molecule has 2 amide bonds. The lowest BCUT2D eigenvalue weighted by atomic mass is 10.0. The lowest BCUT2D eigenvalue weighted by Gasteiger charge is -2.37. The maximum absolute atomic E-state index is 14.1. The standard InChI is InChI=1S/C22H24ClFN4O5/c1-3-15-19(23)27-20(25-15)21(30)26-16-8-9-28(11-17(16)33-2)18(29)7-6-12-4-5-13(22(31)32)10-14(12)24/h4-7,10,16-17H,3,8-9,11H2,1-2H3,(H,25,27)(H,26,30)(H,31,32). The van der Waals surface area contributed by atoms with Crippen LogP contribution in [0.5, 0.6) is 0 Å². The number of carboxylic acid groups (broad SMARTS) is 1. The number of imidazole rings is 1. The first-order chi connectivity index (χ1) is 15.7. The van der Waals surface area contributed by atoms with E-state index in [0.29, 0.717) is 25.1 Å². The maximum atomic E-state index is 14.1. The average Bonchev–Trinajstić information content (AvgIpc) is 3.18. The Balaban J connectivity index is 1.61. The molecule has 1 aromatic carbocycles. The van der Waals surface area contributed by atoms with Gasteiger partial charge in [0.05, 0.1) is 23.4 Å². The highest BCUT2D eigenvalue weighted by Gasteiger charge is 2.32. The van der Waals surface area contributed by atoms with Gasteiger partial charge in [-0.25, -0.2) is 14.2 Å². The molecule has 0 aliphatic carbocycles. The van der Waals surface area contributed by atoms with Crippen molar-refractivity contribution in [2.24, 2.45) is 0 Å². The van der Waals surface area contributed by atoms with E-state index in [4.69, 9.17) is 21.4 Å². The Morgan fingerprint density at radius 2 is 2.18 bits per heavy atom. The molecule has 1 aromatic heterocycles. The third-order valence-electron chi connectivity index (χ3n) is 5.44. The maximum Gasteiger partial charge on any atom is 0.335 e. The minimum Gasteiger partial charge on any atom is -0.478 e. The van der Waals surface area contributed by atoms with Gasteiger partial charge in [-0.1, -0.05) is 24.6 Å². The number of aryl methyl sites for hydroxylation is 1. The summed E-state index contributed by atoms with van der Waals surface area (Å²) >= 11 is 6.00. The van der Waals surface area contributed by atoms with Gasteiger partial charge in [-0.2, -0.15) is 0 Å². The van der Waals surface area contributed by atoms with Crippen LogP contribution in [-0.4, -0.2) is 70.1 Å². The zero-order chi connectivity index (χ0) is 24.1. The van der Waals surface area contributed by atoms with Crippen LogP contribution in [-0.2, 0) is 16.0 Å². The Bertz CT molecular complexity index is 1090. The van der Waals surface area contributed by atoms with Gasteiger partial charge in [-0.15, -0.1) is 0 Å². The van der Waals surface area contributed by atoms with Crippen LogP contribution < -0.4 is 5.32 Å². The van der Waals surface area contributed by atoms with Crippen LogP contribution in [0.25, 0.3) is 6.08 Å². The number of carbonyl (C=O) groups excluding carboxylic acids is 2. The molecule has 0 radical (unpaired) electrons. The second-order valence-corrected chi connectivity index (χ2v) is 7.87. The van der Waals surface area contributed by atoms with Gasteiger partial charge in [-0.05, 0) is 31.1 Å². The molecule has 0 saturated carbocycles. The summed E-state index contributed by atoms with van der Waals surface area (Å²) < 4.78 is 19.5. The van der Waals surface area contributed by atoms with E-state index >= 15 is 0 Å². The van der Waals surface area contributed by atoms with E-state index in [1.54, 1.807) is 0 Å². The summed E-state index contributed by atoms with van der Waals surface area (Å²) in [6.45, 7) is 2.47. The number of rotatable bonds is 7. The van der Waals surface area contributed by atoms with E-state index in [-0.39, 0.29) is 40.6 Å². The minimum absolute atomic E-state index is 0.0994. The number of ether oxygens (including phenoxy) is 1. The number of hydrogen-bond donors (Lipinski definition) is 3. The molecule has 1 aliphatic heterocycles. The van der Waals surface area contributed by atoms with Crippen molar-refractivity contribution in [1.29, 1.82) is 0 Å². The Morgan fingerprint density at radius 1 is 1.42 bits per heavy atom. The van der Waals surface area contributed by atoms with Gasteiger partial charge in [0.2, 0.25) is 5.91 Å². The Morgan fingerprint density at radius 3 is 2.79 bits per heavy atom. The monoisotopic (exact) mass is 478 g/mol. The number of likely N-dealkylation sites (tertiary alicyclic amines) is 1. The van der Waals surface area contributed by atoms with Crippen molar-refractivity contribution < 1.29 is 28.6 Å². The average molecular weight is 479 g/mol. The number of aromatic amines is 1. The molecule has 2 atom stereocenters. The van der Waals surface area contributed by atoms with Crippen molar-refractivity contribution in [3.63, 3.8) is 0 Å². The second kappa shape index (κ2) is 10.6. The molecule has 11 heteroatoms. The number of nitrogens with zero attached hydrogens (tertiary/aromatic N) is 2. The van der Waals surface area contributed by atoms with Crippen molar-refractivity contribution in [2.75, 3.05) is 20.2 Å². The van der Waals surface area contributed by atoms with Gasteiger partial charge < -0.3 is 25.0 Å². The quantitative estimate of drug-likeness (QED) is 0.525. The van der Waals surface area contributed by atoms with Crippen LogP contribution in [0.2, 0.25) is 5.15 Å². The van der Waals surface area contributed by atoms with Crippen molar-refractivity contribution in [1.82, 2.24) is 20.2 Å². The summed E-state index contributed by atoms with van der Waals surface area (Å²) in [7, 11) is 1.49. The highest BCUT2D eigenvalue weighted by molar-refractivity contribution is 6.30. The summed E-state index contributed by atoms with van der Waals surface area (Å²) in [6.07, 6.45) is 3.12. The number of carbonyl (C=O) groups is 3. The summed E-state index contributed by atoms with van der Waals surface area (Å²) in [5.74, 6) is -2.62. The number of methoxy groups -OCH3 is 1. The molecule has 3 N–H and O–H groups in total. The van der Waals surface area contributed by atoms with Crippen molar-refractivity contribution >= 4 is 35.5 Å². The lowest BCUT2D eigenvalue weighted by Crippen LogP contribution is -2.55. The topological polar surface area (TPSA) is 125 Å². The normalized spacial score (nSPS) is 18.5. The molecule has 3 rings (SSSR count). The summed E-state index contributed by atoms with van der Waals surface area (Å²) in [5.41, 5.74) is 0.597. The highest BCUT2D eigenvalue weighted by atomic mass is 35.5. The molecule has 9 nitrogen and oxygen atoms in total. The van der Waals surface area contributed by atoms with Crippen LogP contribution in [0.1, 0.15) is 45.6 Å². The van der Waals surface area contributed by atoms with Gasteiger partial charge in [0.25, 0.3) is 5.91 Å². The Hall–Kier alpha value is -3.24. The molecule has 0 spiro atoms. The number of hydrogen-bond acceptors (Lipinski definition) is 5. The fourth-order valence-corrected chi connectivity index (χ4v) is 3.81. The van der Waals surface area contributed by atoms with E-state index in [2.05, 4.69) is 15.3 Å². The summed E-state index contributed by atoms with van der Waals surface area (Å²) in [4.78, 5) is 44.5. The zero-order valence-corrected chi connectivity index (χ0v) is 18.9. The molecule has 1 saturated heterocycles. The third-order valence-corrected chi connectivity index (χ3v) is 5.75. The van der Waals surface area contributed by atoms with E-state index in [0.717, 1.165) is 6.07 Å². The number of aromatic carboxylic acids is 1. The molecule has 176 valence electrons. The summed E-state index contributed by atoms with van der Waals surface area (Å²) in [5, 5.41) is 12.0. The fourth-order valence-electron chi connectivity index (χ4n) is 3.55. The lowest BCUT2D eigenvalue weighted by molar-refractivity contribution is -0.130. The molecule has 2 aromatic rings.